The summed E-state index contributed by atoms with van der Waals surface area (Å²) >= 11 is -2.09. The van der Waals surface area contributed by atoms with Crippen molar-refractivity contribution < 1.29 is 31.6 Å². The first-order valence-electron chi connectivity index (χ1n) is 13.9. The highest BCUT2D eigenvalue weighted by Crippen LogP contribution is 2.39. The quantitative estimate of drug-likeness (QED) is 0.294. The lowest BCUT2D eigenvalue weighted by molar-refractivity contribution is -0.139. The van der Waals surface area contributed by atoms with E-state index < -0.39 is 34.8 Å². The van der Waals surface area contributed by atoms with Gasteiger partial charge < -0.3 is 19.2 Å². The van der Waals surface area contributed by atoms with Gasteiger partial charge in [-0.15, -0.1) is 4.72 Å². The fourth-order valence-electron chi connectivity index (χ4n) is 5.42. The lowest BCUT2D eigenvalue weighted by atomic mass is 9.88. The molecule has 0 spiro atoms. The van der Waals surface area contributed by atoms with Crippen LogP contribution in [0.1, 0.15) is 80.9 Å². The molecule has 2 fully saturated rings. The minimum Gasteiger partial charge on any atom is -0.593 e. The summed E-state index contributed by atoms with van der Waals surface area (Å²) < 4.78 is 79.4. The lowest BCUT2D eigenvalue weighted by Gasteiger charge is -2.26. The topological polar surface area (TPSA) is 78.3 Å². The monoisotopic (exact) mass is 585 g/mol. The minimum atomic E-state index is -4.74. The van der Waals surface area contributed by atoms with Gasteiger partial charge in [-0.25, -0.2) is 4.39 Å². The van der Waals surface area contributed by atoms with Gasteiger partial charge in [-0.05, 0) is 102 Å². The molecule has 2 heterocycles. The standard InChI is InChI=1S/C29H39F4N3O3S/c1-18-23(27(37)34-22-11-13-39-14-12-22)16-25(36(18)17-19-5-8-21(30)9-6-19)20-7-10-26(24(15-20)29(31,32)33)40(38)35-28(2,3)4/h7,10,15-16,19,21-22,35H,5-6,8-9,11-14,17H2,1-4H3,(H,34,37). The van der Waals surface area contributed by atoms with Crippen molar-refractivity contribution in [1.29, 1.82) is 0 Å². The second-order valence-corrected chi connectivity index (χ2v) is 13.1. The maximum atomic E-state index is 14.2. The zero-order valence-electron chi connectivity index (χ0n) is 23.5. The average Bonchev–Trinajstić information content (AvgIpc) is 3.20. The Morgan fingerprint density at radius 2 is 1.73 bits per heavy atom. The van der Waals surface area contributed by atoms with Crippen LogP contribution in [0.4, 0.5) is 17.6 Å². The highest BCUT2D eigenvalue weighted by Gasteiger charge is 2.39. The van der Waals surface area contributed by atoms with Crippen LogP contribution in [0.25, 0.3) is 11.3 Å². The van der Waals surface area contributed by atoms with Crippen LogP contribution in [0.15, 0.2) is 29.2 Å². The van der Waals surface area contributed by atoms with Crippen molar-refractivity contribution >= 4 is 17.3 Å². The summed E-state index contributed by atoms with van der Waals surface area (Å²) in [5.41, 5.74) is 0.147. The molecule has 222 valence electrons. The Morgan fingerprint density at radius 1 is 1.07 bits per heavy atom. The largest absolute Gasteiger partial charge is 0.593 e. The maximum absolute atomic E-state index is 14.2. The van der Waals surface area contributed by atoms with Crippen molar-refractivity contribution in [2.24, 2.45) is 5.92 Å². The van der Waals surface area contributed by atoms with Crippen molar-refractivity contribution in [2.45, 2.75) is 102 Å². The number of nitrogens with one attached hydrogen (secondary N) is 2. The Kier molecular flexibility index (Phi) is 9.59. The molecule has 1 atom stereocenters. The fraction of sp³-hybridized carbons (Fsp3) is 0.621. The van der Waals surface area contributed by atoms with Crippen LogP contribution in [0.5, 0.6) is 0 Å². The molecule has 1 aromatic heterocycles. The molecular weight excluding hydrogens is 546 g/mol. The number of aromatic nitrogens is 1. The zero-order valence-corrected chi connectivity index (χ0v) is 24.3. The molecular formula is C29H39F4N3O3S. The minimum absolute atomic E-state index is 0.0336. The number of alkyl halides is 4. The summed E-state index contributed by atoms with van der Waals surface area (Å²) in [7, 11) is 0. The molecule has 1 amide bonds. The van der Waals surface area contributed by atoms with E-state index in [-0.39, 0.29) is 28.3 Å². The predicted molar refractivity (Wildman–Crippen MR) is 147 cm³/mol. The van der Waals surface area contributed by atoms with Crippen molar-refractivity contribution in [1.82, 2.24) is 14.6 Å². The van der Waals surface area contributed by atoms with Crippen molar-refractivity contribution in [2.75, 3.05) is 13.2 Å². The first-order valence-corrected chi connectivity index (χ1v) is 15.0. The SMILES string of the molecule is Cc1c(C(=O)NC2CCOCC2)cc(-c2ccc([S+]([O-])NC(C)(C)C)c(C(F)(F)F)c2)n1CC1CCC(F)CC1. The Hall–Kier alpha value is -2.08. The molecule has 1 unspecified atom stereocenters. The van der Waals surface area contributed by atoms with Gasteiger partial charge in [-0.1, -0.05) is 0 Å². The molecule has 1 saturated carbocycles. The van der Waals surface area contributed by atoms with Gasteiger partial charge in [0.2, 0.25) is 0 Å². The Bertz CT molecular complexity index is 1180. The molecule has 40 heavy (non-hydrogen) atoms. The summed E-state index contributed by atoms with van der Waals surface area (Å²) in [5.74, 6) is -0.131. The third-order valence-electron chi connectivity index (χ3n) is 7.56. The van der Waals surface area contributed by atoms with Crippen LogP contribution in [-0.4, -0.2) is 46.0 Å². The van der Waals surface area contributed by atoms with Crippen LogP contribution in [0.2, 0.25) is 0 Å². The number of carbonyl (C=O) groups is 1. The van der Waals surface area contributed by atoms with E-state index >= 15 is 0 Å². The number of nitrogens with zero attached hydrogens (tertiary/aromatic N) is 1. The van der Waals surface area contributed by atoms with Gasteiger partial charge in [0.05, 0.1) is 22.5 Å². The van der Waals surface area contributed by atoms with Crippen LogP contribution < -0.4 is 10.0 Å². The van der Waals surface area contributed by atoms with Crippen LogP contribution in [0, 0.1) is 12.8 Å². The van der Waals surface area contributed by atoms with E-state index in [1.54, 1.807) is 33.8 Å². The molecule has 11 heteroatoms. The number of amides is 1. The van der Waals surface area contributed by atoms with Crippen molar-refractivity contribution in [3.63, 3.8) is 0 Å². The second kappa shape index (κ2) is 12.4. The van der Waals surface area contributed by atoms with E-state index in [2.05, 4.69) is 10.0 Å². The number of benzene rings is 1. The summed E-state index contributed by atoms with van der Waals surface area (Å²) in [4.78, 5) is 13.0. The van der Waals surface area contributed by atoms with Gasteiger partial charge in [-0.3, -0.25) is 4.79 Å². The Labute approximate surface area is 236 Å². The van der Waals surface area contributed by atoms with Crippen LogP contribution in [-0.2, 0) is 28.8 Å². The molecule has 2 aliphatic rings. The molecule has 0 radical (unpaired) electrons. The maximum Gasteiger partial charge on any atom is 0.421 e. The van der Waals surface area contributed by atoms with Crippen molar-refractivity contribution in [3.8, 4) is 11.3 Å². The molecule has 1 aromatic carbocycles. The first kappa shape index (κ1) is 30.9. The number of carbonyl (C=O) groups excluding carboxylic acids is 1. The van der Waals surface area contributed by atoms with E-state index in [1.807, 2.05) is 4.57 Å². The molecule has 1 saturated heterocycles. The van der Waals surface area contributed by atoms with E-state index in [0.29, 0.717) is 75.2 Å². The normalized spacial score (nSPS) is 21.8. The van der Waals surface area contributed by atoms with Gasteiger partial charge >= 0.3 is 6.18 Å². The van der Waals surface area contributed by atoms with Gasteiger partial charge in [-0.2, -0.15) is 13.2 Å². The van der Waals surface area contributed by atoms with Gasteiger partial charge in [0.1, 0.15) is 11.7 Å². The number of hydrogen-bond acceptors (Lipinski definition) is 4. The molecule has 0 bridgehead atoms. The van der Waals surface area contributed by atoms with E-state index in [1.165, 1.54) is 12.1 Å². The Balaban J connectivity index is 1.74. The molecule has 4 rings (SSSR count). The average molecular weight is 586 g/mol. The highest BCUT2D eigenvalue weighted by molar-refractivity contribution is 7.89. The summed E-state index contributed by atoms with van der Waals surface area (Å²) in [6.45, 7) is 8.57. The van der Waals surface area contributed by atoms with Crippen LogP contribution >= 0.6 is 0 Å². The molecule has 1 aliphatic heterocycles. The number of ether oxygens (including phenoxy) is 1. The highest BCUT2D eigenvalue weighted by atomic mass is 32.2. The lowest BCUT2D eigenvalue weighted by Crippen LogP contribution is -2.41. The van der Waals surface area contributed by atoms with E-state index in [0.717, 1.165) is 6.07 Å². The van der Waals surface area contributed by atoms with E-state index in [9.17, 15) is 26.9 Å². The van der Waals surface area contributed by atoms with Gasteiger partial charge in [0, 0.05) is 37.2 Å². The molecule has 2 aromatic rings. The molecule has 1 aliphatic carbocycles. The summed E-state index contributed by atoms with van der Waals surface area (Å²) in [6, 6.07) is 5.40. The smallest absolute Gasteiger partial charge is 0.421 e. The van der Waals surface area contributed by atoms with Gasteiger partial charge in [0.25, 0.3) is 5.91 Å². The second-order valence-electron chi connectivity index (χ2n) is 11.9. The predicted octanol–water partition coefficient (Wildman–Crippen LogP) is 6.33. The molecule has 2 N–H and O–H groups in total. The first-order chi connectivity index (χ1) is 18.7. The summed E-state index contributed by atoms with van der Waals surface area (Å²) in [5, 5.41) is 3.05. The molecule has 6 nitrogen and oxygen atoms in total. The summed E-state index contributed by atoms with van der Waals surface area (Å²) in [6.07, 6.45) is -1.92. The third kappa shape index (κ3) is 7.60. The number of hydrogen-bond donors (Lipinski definition) is 2. The number of rotatable bonds is 7. The number of halogens is 4. The third-order valence-corrected chi connectivity index (χ3v) is 9.12. The van der Waals surface area contributed by atoms with Gasteiger partial charge in [0.15, 0.2) is 4.90 Å². The van der Waals surface area contributed by atoms with Crippen LogP contribution in [0.3, 0.4) is 0 Å². The van der Waals surface area contributed by atoms with Crippen molar-refractivity contribution in [3.05, 3.63) is 41.1 Å². The fourth-order valence-corrected chi connectivity index (χ4v) is 6.65. The zero-order chi connectivity index (χ0) is 29.2. The van der Waals surface area contributed by atoms with E-state index in [4.69, 9.17) is 4.74 Å². The Morgan fingerprint density at radius 3 is 2.33 bits per heavy atom.